The topological polar surface area (TPSA) is 62.3 Å². The summed E-state index contributed by atoms with van der Waals surface area (Å²) in [4.78, 5) is 4.44. The summed E-state index contributed by atoms with van der Waals surface area (Å²) in [5.41, 5.74) is 0. The van der Waals surface area contributed by atoms with Gasteiger partial charge in [0.05, 0.1) is 0 Å². The smallest absolute Gasteiger partial charge is 0.246 e. The van der Waals surface area contributed by atoms with E-state index in [0.717, 1.165) is 25.7 Å². The first-order valence-corrected chi connectivity index (χ1v) is 9.18. The zero-order chi connectivity index (χ0) is 15.3. The number of sulfonamides is 1. The second-order valence-electron chi connectivity index (χ2n) is 5.55. The molecule has 0 unspecified atom stereocenters. The molecule has 0 saturated heterocycles. The van der Waals surface area contributed by atoms with Crippen molar-refractivity contribution in [1.82, 2.24) is 9.29 Å². The van der Waals surface area contributed by atoms with Crippen LogP contribution in [0.3, 0.4) is 0 Å². The Bertz CT molecular complexity index is 552. The van der Waals surface area contributed by atoms with Crippen LogP contribution in [0.1, 0.15) is 45.4 Å². The third-order valence-corrected chi connectivity index (χ3v) is 6.05. The number of nitrogens with one attached hydrogen (secondary N) is 1. The second kappa shape index (κ2) is 7.22. The van der Waals surface area contributed by atoms with Crippen LogP contribution >= 0.6 is 0 Å². The van der Waals surface area contributed by atoms with Crippen molar-refractivity contribution in [1.29, 1.82) is 0 Å². The summed E-state index contributed by atoms with van der Waals surface area (Å²) in [5, 5.41) is 3.04. The van der Waals surface area contributed by atoms with Gasteiger partial charge in [0, 0.05) is 25.8 Å². The lowest BCUT2D eigenvalue weighted by atomic mass is 10.1. The van der Waals surface area contributed by atoms with Crippen LogP contribution in [0, 0.1) is 0 Å². The number of pyridine rings is 1. The number of anilines is 1. The van der Waals surface area contributed by atoms with Gasteiger partial charge in [-0.1, -0.05) is 25.7 Å². The summed E-state index contributed by atoms with van der Waals surface area (Å²) in [5.74, 6) is 0.445. The van der Waals surface area contributed by atoms with E-state index in [1.807, 2.05) is 6.92 Å². The highest BCUT2D eigenvalue weighted by Gasteiger charge is 2.30. The molecular formula is C15H25N3O2S. The van der Waals surface area contributed by atoms with Crippen molar-refractivity contribution in [3.8, 4) is 0 Å². The van der Waals surface area contributed by atoms with E-state index in [9.17, 15) is 8.42 Å². The second-order valence-corrected chi connectivity index (χ2v) is 7.51. The molecule has 1 heterocycles. The van der Waals surface area contributed by atoms with Gasteiger partial charge in [0.25, 0.3) is 0 Å². The van der Waals surface area contributed by atoms with Crippen molar-refractivity contribution >= 4 is 15.8 Å². The van der Waals surface area contributed by atoms with Gasteiger partial charge in [-0.25, -0.2) is 13.4 Å². The summed E-state index contributed by atoms with van der Waals surface area (Å²) >= 11 is 0. The van der Waals surface area contributed by atoms with Crippen LogP contribution in [-0.4, -0.2) is 37.3 Å². The number of aromatic nitrogens is 1. The third kappa shape index (κ3) is 3.74. The average Bonchev–Trinajstić information content (AvgIpc) is 2.76. The van der Waals surface area contributed by atoms with E-state index in [0.29, 0.717) is 12.4 Å². The van der Waals surface area contributed by atoms with Gasteiger partial charge >= 0.3 is 0 Å². The number of hydrogen-bond donors (Lipinski definition) is 1. The quantitative estimate of drug-likeness (QED) is 0.849. The Hall–Kier alpha value is -1.14. The molecule has 0 amide bonds. The fraction of sp³-hybridized carbons (Fsp3) is 0.667. The molecule has 0 atom stereocenters. The summed E-state index contributed by atoms with van der Waals surface area (Å²) in [7, 11) is -1.80. The lowest BCUT2D eigenvalue weighted by Crippen LogP contribution is -2.37. The molecule has 1 saturated carbocycles. The molecule has 0 spiro atoms. The summed E-state index contributed by atoms with van der Waals surface area (Å²) < 4.78 is 27.3. The molecule has 5 nitrogen and oxygen atoms in total. The first kappa shape index (κ1) is 16.2. The van der Waals surface area contributed by atoms with Gasteiger partial charge in [-0.15, -0.1) is 0 Å². The van der Waals surface area contributed by atoms with Crippen LogP contribution in [-0.2, 0) is 10.0 Å². The van der Waals surface area contributed by atoms with Crippen molar-refractivity contribution in [3.05, 3.63) is 18.3 Å². The zero-order valence-corrected chi connectivity index (χ0v) is 13.7. The molecule has 1 aliphatic carbocycles. The number of hydrogen-bond acceptors (Lipinski definition) is 4. The summed E-state index contributed by atoms with van der Waals surface area (Å²) in [6, 6.07) is 3.41. The first-order chi connectivity index (χ1) is 10.1. The van der Waals surface area contributed by atoms with Crippen molar-refractivity contribution in [3.63, 3.8) is 0 Å². The van der Waals surface area contributed by atoms with Gasteiger partial charge in [0.2, 0.25) is 10.0 Å². The molecule has 0 bridgehead atoms. The minimum Gasteiger partial charge on any atom is -0.369 e. The minimum absolute atomic E-state index is 0.104. The van der Waals surface area contributed by atoms with E-state index >= 15 is 0 Å². The lowest BCUT2D eigenvalue weighted by molar-refractivity contribution is 0.336. The predicted octanol–water partition coefficient (Wildman–Crippen LogP) is 2.86. The minimum atomic E-state index is -3.50. The lowest BCUT2D eigenvalue weighted by Gasteiger charge is -2.27. The number of rotatable bonds is 5. The molecule has 1 aliphatic rings. The SMILES string of the molecule is CCNc1ncccc1S(=O)(=O)N(C)C1CCCCCC1. The molecular weight excluding hydrogens is 286 g/mol. The van der Waals surface area contributed by atoms with Gasteiger partial charge in [0.15, 0.2) is 0 Å². The molecule has 0 radical (unpaired) electrons. The van der Waals surface area contributed by atoms with Crippen molar-refractivity contribution < 1.29 is 8.42 Å². The maximum atomic E-state index is 12.9. The van der Waals surface area contributed by atoms with E-state index in [4.69, 9.17) is 0 Å². The number of nitrogens with zero attached hydrogens (tertiary/aromatic N) is 2. The molecule has 118 valence electrons. The molecule has 1 fully saturated rings. The molecule has 0 aromatic carbocycles. The maximum absolute atomic E-state index is 12.9. The predicted molar refractivity (Wildman–Crippen MR) is 84.8 cm³/mol. The highest BCUT2D eigenvalue weighted by Crippen LogP contribution is 2.28. The van der Waals surface area contributed by atoms with E-state index in [-0.39, 0.29) is 10.9 Å². The van der Waals surface area contributed by atoms with Crippen LogP contribution in [0.2, 0.25) is 0 Å². The fourth-order valence-electron chi connectivity index (χ4n) is 2.87. The molecule has 2 rings (SSSR count). The highest BCUT2D eigenvalue weighted by atomic mass is 32.2. The van der Waals surface area contributed by atoms with Crippen molar-refractivity contribution in [2.24, 2.45) is 0 Å². The van der Waals surface area contributed by atoms with E-state index < -0.39 is 10.0 Å². The maximum Gasteiger partial charge on any atom is 0.246 e. The third-order valence-electron chi connectivity index (χ3n) is 4.11. The van der Waals surface area contributed by atoms with E-state index in [2.05, 4.69) is 10.3 Å². The molecule has 6 heteroatoms. The molecule has 0 aliphatic heterocycles. The van der Waals surface area contributed by atoms with E-state index in [1.165, 1.54) is 12.8 Å². The van der Waals surface area contributed by atoms with Gasteiger partial charge in [-0.05, 0) is 31.9 Å². The molecule has 1 N–H and O–H groups in total. The Kier molecular flexibility index (Phi) is 5.58. The highest BCUT2D eigenvalue weighted by molar-refractivity contribution is 7.89. The first-order valence-electron chi connectivity index (χ1n) is 7.74. The Morgan fingerprint density at radius 2 is 1.95 bits per heavy atom. The van der Waals surface area contributed by atoms with Crippen LogP contribution in [0.4, 0.5) is 5.82 Å². The molecule has 1 aromatic rings. The molecule has 1 aromatic heterocycles. The summed E-state index contributed by atoms with van der Waals surface area (Å²) in [6.07, 6.45) is 8.15. The average molecular weight is 311 g/mol. The van der Waals surface area contributed by atoms with Crippen molar-refractivity contribution in [2.45, 2.75) is 56.4 Å². The monoisotopic (exact) mass is 311 g/mol. The van der Waals surface area contributed by atoms with E-state index in [1.54, 1.807) is 29.7 Å². The fourth-order valence-corrected chi connectivity index (χ4v) is 4.41. The van der Waals surface area contributed by atoms with Crippen molar-refractivity contribution in [2.75, 3.05) is 18.9 Å². The summed E-state index contributed by atoms with van der Waals surface area (Å²) in [6.45, 7) is 2.58. The van der Waals surface area contributed by atoms with Crippen LogP contribution in [0.15, 0.2) is 23.2 Å². The normalized spacial score (nSPS) is 17.7. The Balaban J connectivity index is 2.28. The Morgan fingerprint density at radius 1 is 1.29 bits per heavy atom. The molecule has 21 heavy (non-hydrogen) atoms. The standard InChI is InChI=1S/C15H25N3O2S/c1-3-16-15-14(11-8-12-17-15)21(19,20)18(2)13-9-6-4-5-7-10-13/h8,11-13H,3-7,9-10H2,1-2H3,(H,16,17). The largest absolute Gasteiger partial charge is 0.369 e. The van der Waals surface area contributed by atoms with Crippen LogP contribution in [0.5, 0.6) is 0 Å². The van der Waals surface area contributed by atoms with Gasteiger partial charge in [-0.2, -0.15) is 4.31 Å². The Morgan fingerprint density at radius 3 is 2.57 bits per heavy atom. The van der Waals surface area contributed by atoms with Crippen LogP contribution < -0.4 is 5.32 Å². The van der Waals surface area contributed by atoms with Crippen LogP contribution in [0.25, 0.3) is 0 Å². The van der Waals surface area contributed by atoms with Gasteiger partial charge in [0.1, 0.15) is 10.7 Å². The zero-order valence-electron chi connectivity index (χ0n) is 12.9. The van der Waals surface area contributed by atoms with Gasteiger partial charge < -0.3 is 5.32 Å². The Labute approximate surface area is 127 Å². The van der Waals surface area contributed by atoms with Gasteiger partial charge in [-0.3, -0.25) is 0 Å².